The Kier molecular flexibility index (Phi) is 3.18. The number of imidazole rings is 1. The van der Waals surface area contributed by atoms with E-state index in [1.54, 1.807) is 13.2 Å². The fourth-order valence-electron chi connectivity index (χ4n) is 1.20. The van der Waals surface area contributed by atoms with E-state index in [4.69, 9.17) is 11.6 Å². The van der Waals surface area contributed by atoms with Gasteiger partial charge in [0.2, 0.25) is 5.03 Å². The highest BCUT2D eigenvalue weighted by atomic mass is 35.5. The summed E-state index contributed by atoms with van der Waals surface area (Å²) in [5.41, 5.74) is 0.723. The van der Waals surface area contributed by atoms with Gasteiger partial charge < -0.3 is 4.57 Å². The summed E-state index contributed by atoms with van der Waals surface area (Å²) in [6.07, 6.45) is 4.47. The summed E-state index contributed by atoms with van der Waals surface area (Å²) in [7, 11) is -2.09. The third-order valence-electron chi connectivity index (χ3n) is 2.11. The number of nitrogens with zero attached hydrogens (tertiary/aromatic N) is 3. The van der Waals surface area contributed by atoms with E-state index in [2.05, 4.69) is 19.9 Å². The SMILES string of the molecule is Cn1cnc(S(=O)(=O)NCc2cn[nH]c2)c1Cl. The highest BCUT2D eigenvalue weighted by molar-refractivity contribution is 7.89. The first kappa shape index (κ1) is 12.1. The Labute approximate surface area is 103 Å². The number of rotatable bonds is 4. The predicted octanol–water partition coefficient (Wildman–Crippen LogP) is 0.275. The Morgan fingerprint density at radius 2 is 2.35 bits per heavy atom. The van der Waals surface area contributed by atoms with Crippen LogP contribution >= 0.6 is 11.6 Å². The minimum atomic E-state index is -3.70. The molecule has 2 aromatic heterocycles. The van der Waals surface area contributed by atoms with Gasteiger partial charge in [0.15, 0.2) is 0 Å². The van der Waals surface area contributed by atoms with E-state index in [1.807, 2.05) is 0 Å². The van der Waals surface area contributed by atoms with Crippen molar-refractivity contribution in [3.8, 4) is 0 Å². The highest BCUT2D eigenvalue weighted by Crippen LogP contribution is 2.18. The normalized spacial score (nSPS) is 11.9. The molecule has 2 rings (SSSR count). The molecule has 7 nitrogen and oxygen atoms in total. The summed E-state index contributed by atoms with van der Waals surface area (Å²) in [5, 5.41) is 6.20. The van der Waals surface area contributed by atoms with E-state index in [1.165, 1.54) is 17.1 Å². The van der Waals surface area contributed by atoms with Crippen LogP contribution in [0.2, 0.25) is 5.15 Å². The molecular formula is C8H10ClN5O2S. The molecule has 0 aromatic carbocycles. The Morgan fingerprint density at radius 3 is 2.88 bits per heavy atom. The quantitative estimate of drug-likeness (QED) is 0.838. The fourth-order valence-corrected chi connectivity index (χ4v) is 2.64. The minimum absolute atomic E-state index is 0.0738. The molecule has 0 aliphatic rings. The van der Waals surface area contributed by atoms with Gasteiger partial charge in [-0.2, -0.15) is 5.10 Å². The monoisotopic (exact) mass is 275 g/mol. The van der Waals surface area contributed by atoms with E-state index in [9.17, 15) is 8.42 Å². The summed E-state index contributed by atoms with van der Waals surface area (Å²) < 4.78 is 27.5. The second kappa shape index (κ2) is 4.47. The Balaban J connectivity index is 2.17. The lowest BCUT2D eigenvalue weighted by Crippen LogP contribution is -2.23. The first-order valence-electron chi connectivity index (χ1n) is 4.65. The van der Waals surface area contributed by atoms with Crippen molar-refractivity contribution < 1.29 is 8.42 Å². The number of aromatic nitrogens is 4. The maximum Gasteiger partial charge on any atom is 0.261 e. The molecule has 0 aliphatic carbocycles. The van der Waals surface area contributed by atoms with E-state index < -0.39 is 10.0 Å². The number of nitrogens with one attached hydrogen (secondary N) is 2. The Morgan fingerprint density at radius 1 is 1.59 bits per heavy atom. The zero-order chi connectivity index (χ0) is 12.5. The molecule has 92 valence electrons. The second-order valence-electron chi connectivity index (χ2n) is 3.38. The molecule has 2 N–H and O–H groups in total. The molecule has 0 atom stereocenters. The number of hydrogen-bond donors (Lipinski definition) is 2. The summed E-state index contributed by atoms with van der Waals surface area (Å²) in [6.45, 7) is 0.131. The predicted molar refractivity (Wildman–Crippen MR) is 60.8 cm³/mol. The van der Waals surface area contributed by atoms with Gasteiger partial charge in [0.25, 0.3) is 10.0 Å². The van der Waals surface area contributed by atoms with Crippen LogP contribution in [-0.4, -0.2) is 28.2 Å². The lowest BCUT2D eigenvalue weighted by Gasteiger charge is -2.03. The van der Waals surface area contributed by atoms with Crippen LogP contribution in [0.15, 0.2) is 23.7 Å². The smallest absolute Gasteiger partial charge is 0.261 e. The molecule has 0 bridgehead atoms. The van der Waals surface area contributed by atoms with Gasteiger partial charge in [-0.3, -0.25) is 5.10 Å². The van der Waals surface area contributed by atoms with Crippen molar-refractivity contribution in [3.05, 3.63) is 29.4 Å². The zero-order valence-corrected chi connectivity index (χ0v) is 10.5. The summed E-state index contributed by atoms with van der Waals surface area (Å²) >= 11 is 5.82. The summed E-state index contributed by atoms with van der Waals surface area (Å²) in [4.78, 5) is 3.74. The number of H-pyrrole nitrogens is 1. The van der Waals surface area contributed by atoms with Crippen LogP contribution in [0.3, 0.4) is 0 Å². The van der Waals surface area contributed by atoms with Crippen molar-refractivity contribution in [2.24, 2.45) is 7.05 Å². The van der Waals surface area contributed by atoms with Crippen LogP contribution in [0.25, 0.3) is 0 Å². The molecule has 17 heavy (non-hydrogen) atoms. The van der Waals surface area contributed by atoms with Crippen molar-refractivity contribution in [3.63, 3.8) is 0 Å². The van der Waals surface area contributed by atoms with Gasteiger partial charge in [-0.1, -0.05) is 11.6 Å². The number of aryl methyl sites for hydroxylation is 1. The number of halogens is 1. The van der Waals surface area contributed by atoms with Crippen LogP contribution in [0.1, 0.15) is 5.56 Å². The van der Waals surface area contributed by atoms with Gasteiger partial charge in [0.05, 0.1) is 12.5 Å². The number of hydrogen-bond acceptors (Lipinski definition) is 4. The third-order valence-corrected chi connectivity index (χ3v) is 4.00. The molecular weight excluding hydrogens is 266 g/mol. The maximum absolute atomic E-state index is 11.9. The van der Waals surface area contributed by atoms with Crippen LogP contribution in [-0.2, 0) is 23.6 Å². The van der Waals surface area contributed by atoms with Gasteiger partial charge >= 0.3 is 0 Å². The van der Waals surface area contributed by atoms with Crippen LogP contribution in [0.4, 0.5) is 0 Å². The summed E-state index contributed by atoms with van der Waals surface area (Å²) in [5.74, 6) is 0. The molecule has 0 amide bonds. The average molecular weight is 276 g/mol. The lowest BCUT2D eigenvalue weighted by atomic mass is 10.4. The van der Waals surface area contributed by atoms with E-state index >= 15 is 0 Å². The van der Waals surface area contributed by atoms with E-state index in [0.29, 0.717) is 0 Å². The standard InChI is InChI=1S/C8H10ClN5O2S/c1-14-5-10-8(7(14)9)17(15,16)13-4-6-2-11-12-3-6/h2-3,5,13H,4H2,1H3,(H,11,12). The Hall–Kier alpha value is -1.38. The third kappa shape index (κ3) is 2.48. The van der Waals surface area contributed by atoms with Gasteiger partial charge in [-0.15, -0.1) is 0 Å². The van der Waals surface area contributed by atoms with E-state index in [0.717, 1.165) is 5.56 Å². The lowest BCUT2D eigenvalue weighted by molar-refractivity contribution is 0.578. The largest absolute Gasteiger partial charge is 0.324 e. The Bertz CT molecular complexity index is 604. The summed E-state index contributed by atoms with van der Waals surface area (Å²) in [6, 6.07) is 0. The fraction of sp³-hybridized carbons (Fsp3) is 0.250. The molecule has 0 fully saturated rings. The molecule has 9 heteroatoms. The van der Waals surface area contributed by atoms with Crippen LogP contribution < -0.4 is 4.72 Å². The molecule has 0 spiro atoms. The van der Waals surface area contributed by atoms with Gasteiger partial charge in [-0.25, -0.2) is 18.1 Å². The number of aromatic amines is 1. The molecule has 2 heterocycles. The van der Waals surface area contributed by atoms with Gasteiger partial charge in [0, 0.05) is 25.4 Å². The van der Waals surface area contributed by atoms with Crippen LogP contribution in [0.5, 0.6) is 0 Å². The highest BCUT2D eigenvalue weighted by Gasteiger charge is 2.21. The molecule has 0 saturated carbocycles. The molecule has 0 aliphatic heterocycles. The van der Waals surface area contributed by atoms with Crippen molar-refractivity contribution in [2.45, 2.75) is 11.6 Å². The van der Waals surface area contributed by atoms with Crippen molar-refractivity contribution >= 4 is 21.6 Å². The maximum atomic E-state index is 11.9. The molecule has 2 aromatic rings. The first-order valence-corrected chi connectivity index (χ1v) is 6.51. The van der Waals surface area contributed by atoms with Crippen molar-refractivity contribution in [2.75, 3.05) is 0 Å². The number of sulfonamides is 1. The van der Waals surface area contributed by atoms with Crippen LogP contribution in [0, 0.1) is 0 Å². The first-order chi connectivity index (χ1) is 8.00. The van der Waals surface area contributed by atoms with Crippen molar-refractivity contribution in [1.82, 2.24) is 24.5 Å². The zero-order valence-electron chi connectivity index (χ0n) is 8.88. The van der Waals surface area contributed by atoms with Crippen molar-refractivity contribution in [1.29, 1.82) is 0 Å². The average Bonchev–Trinajstić information content (AvgIpc) is 2.88. The second-order valence-corrected chi connectivity index (χ2v) is 5.42. The minimum Gasteiger partial charge on any atom is -0.324 e. The molecule has 0 saturated heterocycles. The van der Waals surface area contributed by atoms with Gasteiger partial charge in [0.1, 0.15) is 5.15 Å². The van der Waals surface area contributed by atoms with Gasteiger partial charge in [-0.05, 0) is 0 Å². The van der Waals surface area contributed by atoms with E-state index in [-0.39, 0.29) is 16.7 Å². The molecule has 0 radical (unpaired) electrons. The topological polar surface area (TPSA) is 92.7 Å². The molecule has 0 unspecified atom stereocenters.